The Kier molecular flexibility index (Phi) is 6.98. The van der Waals surface area contributed by atoms with Crippen LogP contribution in [0, 0.1) is 6.92 Å². The molecule has 0 aliphatic heterocycles. The van der Waals surface area contributed by atoms with Crippen molar-refractivity contribution in [2.75, 3.05) is 12.4 Å². The van der Waals surface area contributed by atoms with Crippen LogP contribution < -0.4 is 15.6 Å². The average Bonchev–Trinajstić information content (AvgIpc) is 3.25. The quantitative estimate of drug-likeness (QED) is 0.386. The first-order chi connectivity index (χ1) is 16.4. The highest BCUT2D eigenvalue weighted by atomic mass is 32.1. The van der Waals surface area contributed by atoms with E-state index in [1.807, 2.05) is 24.3 Å². The van der Waals surface area contributed by atoms with Crippen LogP contribution in [0.3, 0.4) is 0 Å². The number of hydrogen-bond donors (Lipinski definition) is 1. The van der Waals surface area contributed by atoms with Gasteiger partial charge in [-0.25, -0.2) is 9.78 Å². The Bertz CT molecular complexity index is 1390. The topological polar surface area (TPSA) is 112 Å². The molecule has 0 bridgehead atoms. The number of anilines is 1. The van der Waals surface area contributed by atoms with Gasteiger partial charge in [0.05, 0.1) is 18.4 Å². The van der Waals surface area contributed by atoms with Gasteiger partial charge in [-0.1, -0.05) is 35.6 Å². The normalized spacial score (nSPS) is 10.8. The van der Waals surface area contributed by atoms with E-state index >= 15 is 0 Å². The Balaban J connectivity index is 1.38. The smallest absolute Gasteiger partial charge is 0.340 e. The van der Waals surface area contributed by atoms with Crippen molar-refractivity contribution in [3.63, 3.8) is 0 Å². The van der Waals surface area contributed by atoms with Crippen molar-refractivity contribution < 1.29 is 19.1 Å². The maximum Gasteiger partial charge on any atom is 0.340 e. The highest BCUT2D eigenvalue weighted by molar-refractivity contribution is 7.16. The summed E-state index contributed by atoms with van der Waals surface area (Å²) in [4.78, 5) is 41.9. The minimum Gasteiger partial charge on any atom is -0.497 e. The Hall–Kier alpha value is -4.05. The second-order valence-electron chi connectivity index (χ2n) is 7.44. The van der Waals surface area contributed by atoms with Crippen molar-refractivity contribution in [3.8, 4) is 5.75 Å². The summed E-state index contributed by atoms with van der Waals surface area (Å²) in [7, 11) is 1.60. The van der Waals surface area contributed by atoms with Gasteiger partial charge in [0.2, 0.25) is 10.9 Å². The van der Waals surface area contributed by atoms with Crippen molar-refractivity contribution in [2.45, 2.75) is 26.4 Å². The van der Waals surface area contributed by atoms with Crippen LogP contribution in [0.1, 0.15) is 33.0 Å². The molecule has 9 nitrogen and oxygen atoms in total. The second-order valence-corrected chi connectivity index (χ2v) is 8.48. The van der Waals surface area contributed by atoms with Crippen LogP contribution in [-0.2, 0) is 22.6 Å². The molecule has 2 heterocycles. The molecule has 0 fully saturated rings. The van der Waals surface area contributed by atoms with E-state index in [4.69, 9.17) is 9.47 Å². The zero-order valence-electron chi connectivity index (χ0n) is 18.6. The lowest BCUT2D eigenvalue weighted by Crippen LogP contribution is -2.16. The number of amides is 1. The number of esters is 1. The number of nitrogens with one attached hydrogen (secondary N) is 1. The van der Waals surface area contributed by atoms with Gasteiger partial charge in [0.15, 0.2) is 5.01 Å². The van der Waals surface area contributed by atoms with Crippen LogP contribution in [0.15, 0.2) is 59.4 Å². The molecular formula is C24H22N4O5S. The molecule has 0 spiro atoms. The number of aryl methyl sites for hydroxylation is 2. The standard InChI is InChI=1S/C24H22N4O5S/c1-15-13-22(30)28-24(25-15)34-21(27-28)14-33-23(31)18-5-3-4-6-19(18)26-20(29)12-9-16-7-10-17(32-2)11-8-16/h3-8,10-11,13H,9,12,14H2,1-2H3,(H,26,29). The lowest BCUT2D eigenvalue weighted by molar-refractivity contribution is -0.116. The summed E-state index contributed by atoms with van der Waals surface area (Å²) in [5, 5.41) is 7.38. The van der Waals surface area contributed by atoms with Crippen LogP contribution in [0.25, 0.3) is 4.96 Å². The molecule has 10 heteroatoms. The number of para-hydroxylation sites is 1. The van der Waals surface area contributed by atoms with Crippen molar-refractivity contribution in [1.29, 1.82) is 0 Å². The molecule has 1 N–H and O–H groups in total. The van der Waals surface area contributed by atoms with Gasteiger partial charge < -0.3 is 14.8 Å². The molecule has 0 atom stereocenters. The fraction of sp³-hybridized carbons (Fsp3) is 0.208. The number of rotatable bonds is 8. The fourth-order valence-corrected chi connectivity index (χ4v) is 4.11. The number of carbonyl (C=O) groups is 2. The van der Waals surface area contributed by atoms with E-state index in [1.54, 1.807) is 38.3 Å². The highest BCUT2D eigenvalue weighted by Crippen LogP contribution is 2.19. The third kappa shape index (κ3) is 5.46. The molecule has 1 amide bonds. The van der Waals surface area contributed by atoms with Crippen LogP contribution >= 0.6 is 11.3 Å². The molecule has 0 aliphatic carbocycles. The number of hydrogen-bond acceptors (Lipinski definition) is 8. The third-order valence-corrected chi connectivity index (χ3v) is 5.84. The number of carbonyl (C=O) groups excluding carboxylic acids is 2. The van der Waals surface area contributed by atoms with Crippen molar-refractivity contribution in [3.05, 3.63) is 86.8 Å². The van der Waals surface area contributed by atoms with Crippen molar-refractivity contribution in [2.24, 2.45) is 0 Å². The minimum atomic E-state index is -0.609. The average molecular weight is 479 g/mol. The molecule has 4 rings (SSSR count). The van der Waals surface area contributed by atoms with E-state index in [1.165, 1.54) is 21.9 Å². The van der Waals surface area contributed by atoms with Crippen LogP contribution in [-0.4, -0.2) is 33.6 Å². The third-order valence-electron chi connectivity index (χ3n) is 4.96. The Labute approximate surface area is 199 Å². The van der Waals surface area contributed by atoms with Gasteiger partial charge in [-0.05, 0) is 43.2 Å². The molecule has 174 valence electrons. The molecular weight excluding hydrogens is 456 g/mol. The SMILES string of the molecule is COc1ccc(CCC(=O)Nc2ccccc2C(=O)OCc2nn3c(=O)cc(C)nc3s2)cc1. The summed E-state index contributed by atoms with van der Waals surface area (Å²) in [6, 6.07) is 15.5. The van der Waals surface area contributed by atoms with Gasteiger partial charge in [-0.2, -0.15) is 9.61 Å². The van der Waals surface area contributed by atoms with Gasteiger partial charge in [-0.15, -0.1) is 0 Å². The van der Waals surface area contributed by atoms with E-state index in [0.29, 0.717) is 27.8 Å². The molecule has 34 heavy (non-hydrogen) atoms. The number of nitrogens with zero attached hydrogens (tertiary/aromatic N) is 3. The predicted molar refractivity (Wildman–Crippen MR) is 127 cm³/mol. The predicted octanol–water partition coefficient (Wildman–Crippen LogP) is 3.40. The molecule has 0 saturated carbocycles. The second kappa shape index (κ2) is 10.3. The van der Waals surface area contributed by atoms with E-state index in [0.717, 1.165) is 11.3 Å². The maximum atomic E-state index is 12.7. The number of fused-ring (bicyclic) bond motifs is 1. The number of benzene rings is 2. The minimum absolute atomic E-state index is 0.120. The van der Waals surface area contributed by atoms with Crippen molar-refractivity contribution >= 4 is 33.9 Å². The van der Waals surface area contributed by atoms with Crippen LogP contribution in [0.5, 0.6) is 5.75 Å². The summed E-state index contributed by atoms with van der Waals surface area (Å²) in [6.45, 7) is 1.61. The molecule has 0 saturated heterocycles. The molecule has 2 aromatic heterocycles. The fourth-order valence-electron chi connectivity index (χ4n) is 3.26. The van der Waals surface area contributed by atoms with E-state index in [-0.39, 0.29) is 30.1 Å². The zero-order chi connectivity index (χ0) is 24.1. The largest absolute Gasteiger partial charge is 0.497 e. The lowest BCUT2D eigenvalue weighted by atomic mass is 10.1. The molecule has 0 aliphatic rings. The molecule has 2 aromatic carbocycles. The molecule has 0 radical (unpaired) electrons. The summed E-state index contributed by atoms with van der Waals surface area (Å²) in [5.74, 6) is -0.0743. The van der Waals surface area contributed by atoms with Gasteiger partial charge in [0.1, 0.15) is 12.4 Å². The van der Waals surface area contributed by atoms with Gasteiger partial charge in [0.25, 0.3) is 5.56 Å². The van der Waals surface area contributed by atoms with E-state index in [9.17, 15) is 14.4 Å². The Morgan fingerprint density at radius 1 is 1.12 bits per heavy atom. The van der Waals surface area contributed by atoms with E-state index < -0.39 is 5.97 Å². The first-order valence-corrected chi connectivity index (χ1v) is 11.3. The number of aromatic nitrogens is 3. The first-order valence-electron chi connectivity index (χ1n) is 10.5. The number of methoxy groups -OCH3 is 1. The molecule has 0 unspecified atom stereocenters. The zero-order valence-corrected chi connectivity index (χ0v) is 19.4. The van der Waals surface area contributed by atoms with Gasteiger partial charge in [0, 0.05) is 18.2 Å². The first kappa shape index (κ1) is 23.1. The number of ether oxygens (including phenoxy) is 2. The van der Waals surface area contributed by atoms with Crippen molar-refractivity contribution in [1.82, 2.24) is 14.6 Å². The van der Waals surface area contributed by atoms with Crippen LogP contribution in [0.4, 0.5) is 5.69 Å². The Morgan fingerprint density at radius 2 is 1.88 bits per heavy atom. The summed E-state index contributed by atoms with van der Waals surface area (Å²) >= 11 is 1.17. The summed E-state index contributed by atoms with van der Waals surface area (Å²) in [6.07, 6.45) is 0.801. The van der Waals surface area contributed by atoms with Gasteiger partial charge >= 0.3 is 5.97 Å². The molecule has 4 aromatic rings. The van der Waals surface area contributed by atoms with Gasteiger partial charge in [-0.3, -0.25) is 9.59 Å². The Morgan fingerprint density at radius 3 is 2.65 bits per heavy atom. The highest BCUT2D eigenvalue weighted by Gasteiger charge is 2.16. The van der Waals surface area contributed by atoms with Crippen LogP contribution in [0.2, 0.25) is 0 Å². The summed E-state index contributed by atoms with van der Waals surface area (Å²) < 4.78 is 11.7. The maximum absolute atomic E-state index is 12.7. The van der Waals surface area contributed by atoms with E-state index in [2.05, 4.69) is 15.4 Å². The lowest BCUT2D eigenvalue weighted by Gasteiger charge is -2.10. The monoisotopic (exact) mass is 478 g/mol. The summed E-state index contributed by atoms with van der Waals surface area (Å²) in [5.41, 5.74) is 1.90.